The van der Waals surface area contributed by atoms with Crippen LogP contribution in [-0.4, -0.2) is 17.2 Å². The summed E-state index contributed by atoms with van der Waals surface area (Å²) >= 11 is 3.40. The average molecular weight is 343 g/mol. The summed E-state index contributed by atoms with van der Waals surface area (Å²) in [5, 5.41) is 8.91. The van der Waals surface area contributed by atoms with E-state index in [2.05, 4.69) is 29.8 Å². The lowest BCUT2D eigenvalue weighted by atomic mass is 10.1. The predicted molar refractivity (Wildman–Crippen MR) is 84.1 cm³/mol. The Morgan fingerprint density at radius 2 is 2.10 bits per heavy atom. The molecule has 0 radical (unpaired) electrons. The van der Waals surface area contributed by atoms with Crippen LogP contribution in [0.15, 0.2) is 22.7 Å². The zero-order chi connectivity index (χ0) is 15.0. The van der Waals surface area contributed by atoms with E-state index < -0.39 is 5.97 Å². The molecule has 0 fully saturated rings. The first-order chi connectivity index (χ1) is 9.54. The van der Waals surface area contributed by atoms with Crippen LogP contribution in [0.1, 0.15) is 61.9 Å². The maximum atomic E-state index is 10.8. The lowest BCUT2D eigenvalue weighted by Gasteiger charge is -2.14. The Bertz CT molecular complexity index is 432. The van der Waals surface area contributed by atoms with Gasteiger partial charge < -0.3 is 9.84 Å². The number of halogens is 1. The van der Waals surface area contributed by atoms with E-state index in [-0.39, 0.29) is 11.7 Å². The maximum absolute atomic E-state index is 10.8. The van der Waals surface area contributed by atoms with Crippen molar-refractivity contribution in [1.29, 1.82) is 0 Å². The number of carboxylic acid groups (broad SMARTS) is 1. The van der Waals surface area contributed by atoms with Gasteiger partial charge in [0.05, 0.1) is 18.3 Å². The van der Waals surface area contributed by atoms with Crippen LogP contribution in [-0.2, 0) is 11.3 Å². The smallest absolute Gasteiger partial charge is 0.335 e. The molecule has 0 aliphatic carbocycles. The van der Waals surface area contributed by atoms with Crippen molar-refractivity contribution in [2.45, 2.75) is 58.7 Å². The van der Waals surface area contributed by atoms with Crippen LogP contribution < -0.4 is 0 Å². The molecule has 0 aliphatic rings. The highest BCUT2D eigenvalue weighted by molar-refractivity contribution is 9.10. The van der Waals surface area contributed by atoms with E-state index in [4.69, 9.17) is 9.84 Å². The van der Waals surface area contributed by atoms with Gasteiger partial charge in [-0.05, 0) is 31.0 Å². The lowest BCUT2D eigenvalue weighted by molar-refractivity contribution is 0.0455. The second-order valence-corrected chi connectivity index (χ2v) is 5.94. The Balaban J connectivity index is 2.39. The molecule has 20 heavy (non-hydrogen) atoms. The molecule has 0 aromatic heterocycles. The summed E-state index contributed by atoms with van der Waals surface area (Å²) in [4.78, 5) is 10.8. The summed E-state index contributed by atoms with van der Waals surface area (Å²) in [6, 6.07) is 5.03. The van der Waals surface area contributed by atoms with Gasteiger partial charge in [-0.25, -0.2) is 4.79 Å². The number of ether oxygens (including phenoxy) is 1. The van der Waals surface area contributed by atoms with Crippen molar-refractivity contribution in [2.75, 3.05) is 0 Å². The molecular weight excluding hydrogens is 320 g/mol. The second kappa shape index (κ2) is 9.14. The van der Waals surface area contributed by atoms with Crippen LogP contribution in [0.5, 0.6) is 0 Å². The largest absolute Gasteiger partial charge is 0.478 e. The molecule has 1 N–H and O–H groups in total. The number of hydrogen-bond donors (Lipinski definition) is 1. The molecule has 0 bridgehead atoms. The topological polar surface area (TPSA) is 46.5 Å². The normalized spacial score (nSPS) is 12.3. The van der Waals surface area contributed by atoms with Crippen molar-refractivity contribution >= 4 is 21.9 Å². The Labute approximate surface area is 129 Å². The number of carboxylic acids is 1. The third-order valence-corrected chi connectivity index (χ3v) is 4.03. The molecule has 1 atom stereocenters. The van der Waals surface area contributed by atoms with E-state index >= 15 is 0 Å². The molecule has 0 spiro atoms. The van der Waals surface area contributed by atoms with Gasteiger partial charge in [0.15, 0.2) is 0 Å². The van der Waals surface area contributed by atoms with E-state index in [1.54, 1.807) is 18.2 Å². The van der Waals surface area contributed by atoms with Crippen LogP contribution in [0.3, 0.4) is 0 Å². The van der Waals surface area contributed by atoms with Crippen LogP contribution in [0.25, 0.3) is 0 Å². The van der Waals surface area contributed by atoms with Crippen LogP contribution >= 0.6 is 15.9 Å². The first-order valence-corrected chi connectivity index (χ1v) is 7.97. The number of unbranched alkanes of at least 4 members (excludes halogenated alkanes) is 3. The van der Waals surface area contributed by atoms with E-state index in [0.717, 1.165) is 16.5 Å². The lowest BCUT2D eigenvalue weighted by Crippen LogP contribution is -2.08. The Hall–Kier alpha value is -0.870. The molecule has 0 amide bonds. The molecule has 0 saturated heterocycles. The predicted octanol–water partition coefficient (Wildman–Crippen LogP) is 5.02. The van der Waals surface area contributed by atoms with Crippen molar-refractivity contribution in [2.24, 2.45) is 0 Å². The van der Waals surface area contributed by atoms with Gasteiger partial charge in [0.2, 0.25) is 0 Å². The second-order valence-electron chi connectivity index (χ2n) is 5.08. The minimum absolute atomic E-state index is 0.234. The van der Waals surface area contributed by atoms with Crippen LogP contribution in [0, 0.1) is 0 Å². The fourth-order valence-corrected chi connectivity index (χ4v) is 2.46. The van der Waals surface area contributed by atoms with E-state index in [0.29, 0.717) is 6.61 Å². The first kappa shape index (κ1) is 17.2. The maximum Gasteiger partial charge on any atom is 0.335 e. The van der Waals surface area contributed by atoms with Gasteiger partial charge in [0.25, 0.3) is 0 Å². The summed E-state index contributed by atoms with van der Waals surface area (Å²) in [7, 11) is 0. The first-order valence-electron chi connectivity index (χ1n) is 7.18. The molecule has 0 saturated carbocycles. The van der Waals surface area contributed by atoms with Gasteiger partial charge in [-0.1, -0.05) is 54.6 Å². The summed E-state index contributed by atoms with van der Waals surface area (Å²) in [6.45, 7) is 4.80. The molecule has 1 unspecified atom stereocenters. The molecule has 1 aromatic rings. The summed E-state index contributed by atoms with van der Waals surface area (Å²) in [5.41, 5.74) is 1.27. The number of aromatic carboxylic acids is 1. The monoisotopic (exact) mass is 342 g/mol. The minimum Gasteiger partial charge on any atom is -0.478 e. The molecule has 1 rings (SSSR count). The van der Waals surface area contributed by atoms with Gasteiger partial charge in [0, 0.05) is 4.47 Å². The molecule has 0 heterocycles. The van der Waals surface area contributed by atoms with Gasteiger partial charge in [-0.15, -0.1) is 0 Å². The number of hydrogen-bond acceptors (Lipinski definition) is 2. The molecule has 4 heteroatoms. The average Bonchev–Trinajstić information content (AvgIpc) is 2.42. The van der Waals surface area contributed by atoms with Crippen LogP contribution in [0.4, 0.5) is 0 Å². The van der Waals surface area contributed by atoms with Crippen molar-refractivity contribution in [3.05, 3.63) is 33.8 Å². The third kappa shape index (κ3) is 6.06. The highest BCUT2D eigenvalue weighted by Crippen LogP contribution is 2.20. The minimum atomic E-state index is -0.914. The fraction of sp³-hybridized carbons (Fsp3) is 0.562. The van der Waals surface area contributed by atoms with Crippen molar-refractivity contribution in [3.8, 4) is 0 Å². The van der Waals surface area contributed by atoms with Crippen molar-refractivity contribution < 1.29 is 14.6 Å². The van der Waals surface area contributed by atoms with Crippen molar-refractivity contribution in [3.63, 3.8) is 0 Å². The highest BCUT2D eigenvalue weighted by Gasteiger charge is 2.08. The number of carbonyl (C=O) groups is 1. The summed E-state index contributed by atoms with van der Waals surface area (Å²) in [6.07, 6.45) is 6.31. The quantitative estimate of drug-likeness (QED) is 0.640. The Kier molecular flexibility index (Phi) is 7.85. The molecule has 1 aromatic carbocycles. The summed E-state index contributed by atoms with van der Waals surface area (Å²) in [5.74, 6) is -0.914. The molecule has 112 valence electrons. The van der Waals surface area contributed by atoms with Crippen LogP contribution in [0.2, 0.25) is 0 Å². The Morgan fingerprint density at radius 3 is 2.70 bits per heavy atom. The molecule has 0 aliphatic heterocycles. The standard InChI is InChI=1S/C16H23BrO3/c1-3-4-5-6-7-12(2)20-11-14-9-8-13(16(18)19)10-15(14)17/h8-10,12H,3-7,11H2,1-2H3,(H,18,19). The van der Waals surface area contributed by atoms with E-state index in [1.807, 2.05) is 0 Å². The fourth-order valence-electron chi connectivity index (χ4n) is 1.97. The summed E-state index contributed by atoms with van der Waals surface area (Å²) < 4.78 is 6.60. The Morgan fingerprint density at radius 1 is 1.35 bits per heavy atom. The van der Waals surface area contributed by atoms with Gasteiger partial charge in [0.1, 0.15) is 0 Å². The van der Waals surface area contributed by atoms with Gasteiger partial charge in [-0.2, -0.15) is 0 Å². The zero-order valence-electron chi connectivity index (χ0n) is 12.2. The van der Waals surface area contributed by atoms with Gasteiger partial charge in [-0.3, -0.25) is 0 Å². The third-order valence-electron chi connectivity index (χ3n) is 3.29. The zero-order valence-corrected chi connectivity index (χ0v) is 13.8. The van der Waals surface area contributed by atoms with Crippen molar-refractivity contribution in [1.82, 2.24) is 0 Å². The molecule has 3 nitrogen and oxygen atoms in total. The highest BCUT2D eigenvalue weighted by atomic mass is 79.9. The molecular formula is C16H23BrO3. The van der Waals surface area contributed by atoms with Gasteiger partial charge >= 0.3 is 5.97 Å². The number of benzene rings is 1. The van der Waals surface area contributed by atoms with E-state index in [1.165, 1.54) is 25.7 Å². The number of rotatable bonds is 9. The SMILES string of the molecule is CCCCCCC(C)OCc1ccc(C(=O)O)cc1Br. The van der Waals surface area contributed by atoms with E-state index in [9.17, 15) is 4.79 Å².